The van der Waals surface area contributed by atoms with Gasteiger partial charge in [0.2, 0.25) is 0 Å². The van der Waals surface area contributed by atoms with Crippen molar-refractivity contribution in [1.82, 2.24) is 0 Å². The summed E-state index contributed by atoms with van der Waals surface area (Å²) in [6, 6.07) is 12.7. The van der Waals surface area contributed by atoms with Crippen LogP contribution in [0.2, 0.25) is 0 Å². The standard InChI is InChI=1S/C23H28N2O3/c1-3-17-7-4-6-16(2)23(17)24-22(26)15-25-11-5-8-19(25)18-9-10-20-21(14-18)28-13-12-27-20/h4,6-7,9-10,14,19H,3,5,8,11-13,15H2,1-2H3,(H,24,26)/p+1/t19-/m0/s1. The zero-order valence-electron chi connectivity index (χ0n) is 16.7. The number of nitrogens with one attached hydrogen (secondary N) is 2. The Labute approximate surface area is 166 Å². The molecule has 28 heavy (non-hydrogen) atoms. The molecule has 2 heterocycles. The summed E-state index contributed by atoms with van der Waals surface area (Å²) in [4.78, 5) is 14.1. The lowest BCUT2D eigenvalue weighted by atomic mass is 10.0. The van der Waals surface area contributed by atoms with Crippen molar-refractivity contribution in [1.29, 1.82) is 0 Å². The van der Waals surface area contributed by atoms with Gasteiger partial charge in [-0.3, -0.25) is 4.79 Å². The van der Waals surface area contributed by atoms with Crippen LogP contribution < -0.4 is 19.7 Å². The third-order valence-corrected chi connectivity index (χ3v) is 5.84. The SMILES string of the molecule is CCc1cccc(C)c1NC(=O)C[NH+]1CCC[C@H]1c1ccc2c(c1)OCCO2. The van der Waals surface area contributed by atoms with Crippen LogP contribution in [0.3, 0.4) is 0 Å². The highest BCUT2D eigenvalue weighted by atomic mass is 16.6. The molecule has 2 N–H and O–H groups in total. The van der Waals surface area contributed by atoms with E-state index in [1.807, 2.05) is 12.1 Å². The highest BCUT2D eigenvalue weighted by Crippen LogP contribution is 2.33. The number of likely N-dealkylation sites (tertiary alicyclic amines) is 1. The molecule has 1 unspecified atom stereocenters. The average molecular weight is 381 g/mol. The van der Waals surface area contributed by atoms with E-state index in [0.29, 0.717) is 25.8 Å². The van der Waals surface area contributed by atoms with Gasteiger partial charge in [-0.15, -0.1) is 0 Å². The molecule has 0 bridgehead atoms. The quantitative estimate of drug-likeness (QED) is 0.837. The second-order valence-electron chi connectivity index (χ2n) is 7.69. The second kappa shape index (κ2) is 8.23. The van der Waals surface area contributed by atoms with Crippen LogP contribution in [-0.4, -0.2) is 32.2 Å². The lowest BCUT2D eigenvalue weighted by molar-refractivity contribution is -0.910. The van der Waals surface area contributed by atoms with E-state index in [1.165, 1.54) is 16.0 Å². The maximum atomic E-state index is 12.8. The van der Waals surface area contributed by atoms with Crippen molar-refractivity contribution in [3.63, 3.8) is 0 Å². The summed E-state index contributed by atoms with van der Waals surface area (Å²) in [6.45, 7) is 6.86. The Bertz CT molecular complexity index is 865. The number of carbonyl (C=O) groups excluding carboxylic acids is 1. The molecule has 0 aromatic heterocycles. The summed E-state index contributed by atoms with van der Waals surface area (Å²) < 4.78 is 11.4. The predicted molar refractivity (Wildman–Crippen MR) is 109 cm³/mol. The number of amides is 1. The summed E-state index contributed by atoms with van der Waals surface area (Å²) in [5.41, 5.74) is 4.51. The summed E-state index contributed by atoms with van der Waals surface area (Å²) in [5.74, 6) is 1.73. The van der Waals surface area contributed by atoms with E-state index in [2.05, 4.69) is 43.4 Å². The largest absolute Gasteiger partial charge is 0.486 e. The van der Waals surface area contributed by atoms with Crippen LogP contribution in [0.15, 0.2) is 36.4 Å². The maximum Gasteiger partial charge on any atom is 0.279 e. The number of aryl methyl sites for hydroxylation is 2. The molecule has 5 nitrogen and oxygen atoms in total. The van der Waals surface area contributed by atoms with Gasteiger partial charge in [0.25, 0.3) is 5.91 Å². The Kier molecular flexibility index (Phi) is 5.53. The first-order valence-electron chi connectivity index (χ1n) is 10.3. The van der Waals surface area contributed by atoms with Crippen LogP contribution in [0.4, 0.5) is 5.69 Å². The van der Waals surface area contributed by atoms with Crippen molar-refractivity contribution in [3.8, 4) is 11.5 Å². The van der Waals surface area contributed by atoms with E-state index in [0.717, 1.165) is 48.6 Å². The van der Waals surface area contributed by atoms with Gasteiger partial charge >= 0.3 is 0 Å². The average Bonchev–Trinajstić information content (AvgIpc) is 3.17. The summed E-state index contributed by atoms with van der Waals surface area (Å²) in [6.07, 6.45) is 3.13. The van der Waals surface area contributed by atoms with E-state index in [4.69, 9.17) is 9.47 Å². The van der Waals surface area contributed by atoms with Crippen LogP contribution in [-0.2, 0) is 11.2 Å². The van der Waals surface area contributed by atoms with E-state index in [1.54, 1.807) is 0 Å². The van der Waals surface area contributed by atoms with Crippen molar-refractivity contribution in [3.05, 3.63) is 53.1 Å². The summed E-state index contributed by atoms with van der Waals surface area (Å²) in [7, 11) is 0. The van der Waals surface area contributed by atoms with E-state index >= 15 is 0 Å². The van der Waals surface area contributed by atoms with Crippen LogP contribution in [0, 0.1) is 6.92 Å². The molecule has 2 atom stereocenters. The van der Waals surface area contributed by atoms with Gasteiger partial charge in [0.15, 0.2) is 18.0 Å². The minimum Gasteiger partial charge on any atom is -0.486 e. The third kappa shape index (κ3) is 3.85. The van der Waals surface area contributed by atoms with Gasteiger partial charge in [0, 0.05) is 24.1 Å². The molecule has 2 aromatic carbocycles. The molecule has 1 fully saturated rings. The number of rotatable bonds is 5. The molecule has 1 saturated heterocycles. The number of quaternary nitrogens is 1. The number of ether oxygens (including phenoxy) is 2. The van der Waals surface area contributed by atoms with Crippen LogP contribution >= 0.6 is 0 Å². The lowest BCUT2D eigenvalue weighted by Crippen LogP contribution is -3.11. The van der Waals surface area contributed by atoms with Crippen molar-refractivity contribution in [2.45, 2.75) is 39.2 Å². The third-order valence-electron chi connectivity index (χ3n) is 5.84. The van der Waals surface area contributed by atoms with Crippen molar-refractivity contribution in [2.75, 3.05) is 31.6 Å². The van der Waals surface area contributed by atoms with Crippen LogP contribution in [0.1, 0.15) is 42.5 Å². The molecule has 2 aliphatic rings. The molecule has 0 aliphatic carbocycles. The fourth-order valence-corrected chi connectivity index (χ4v) is 4.39. The van der Waals surface area contributed by atoms with Gasteiger partial charge < -0.3 is 19.7 Å². The highest BCUT2D eigenvalue weighted by molar-refractivity contribution is 5.93. The normalized spacial score (nSPS) is 20.8. The van der Waals surface area contributed by atoms with Crippen molar-refractivity contribution >= 4 is 11.6 Å². The van der Waals surface area contributed by atoms with Crippen molar-refractivity contribution < 1.29 is 19.2 Å². The lowest BCUT2D eigenvalue weighted by Gasteiger charge is -2.24. The smallest absolute Gasteiger partial charge is 0.279 e. The Morgan fingerprint density at radius 3 is 2.82 bits per heavy atom. The Morgan fingerprint density at radius 1 is 1.18 bits per heavy atom. The van der Waals surface area contributed by atoms with Crippen LogP contribution in [0.25, 0.3) is 0 Å². The Morgan fingerprint density at radius 2 is 2.00 bits per heavy atom. The van der Waals surface area contributed by atoms with E-state index in [9.17, 15) is 4.79 Å². The van der Waals surface area contributed by atoms with E-state index < -0.39 is 0 Å². The number of benzene rings is 2. The molecule has 2 aliphatic heterocycles. The predicted octanol–water partition coefficient (Wildman–Crippen LogP) is 2.69. The molecule has 148 valence electrons. The topological polar surface area (TPSA) is 52.0 Å². The number of para-hydroxylation sites is 1. The number of hydrogen-bond donors (Lipinski definition) is 2. The molecule has 0 saturated carbocycles. The molecule has 1 amide bonds. The first-order chi connectivity index (χ1) is 13.7. The molecule has 4 rings (SSSR count). The van der Waals surface area contributed by atoms with Gasteiger partial charge in [-0.2, -0.15) is 0 Å². The highest BCUT2D eigenvalue weighted by Gasteiger charge is 2.32. The zero-order chi connectivity index (χ0) is 19.5. The molecule has 2 aromatic rings. The maximum absolute atomic E-state index is 12.8. The molecular weight excluding hydrogens is 352 g/mol. The van der Waals surface area contributed by atoms with Crippen LogP contribution in [0.5, 0.6) is 11.5 Å². The zero-order valence-corrected chi connectivity index (χ0v) is 16.7. The molecule has 5 heteroatoms. The number of fused-ring (bicyclic) bond motifs is 1. The number of carbonyl (C=O) groups is 1. The van der Waals surface area contributed by atoms with Gasteiger partial charge in [-0.25, -0.2) is 0 Å². The monoisotopic (exact) mass is 381 g/mol. The van der Waals surface area contributed by atoms with Crippen molar-refractivity contribution in [2.24, 2.45) is 0 Å². The Balaban J connectivity index is 1.46. The fraction of sp³-hybridized carbons (Fsp3) is 0.435. The second-order valence-corrected chi connectivity index (χ2v) is 7.69. The Hall–Kier alpha value is -2.53. The molecule has 0 radical (unpaired) electrons. The minimum absolute atomic E-state index is 0.0865. The van der Waals surface area contributed by atoms with Gasteiger partial charge in [-0.1, -0.05) is 25.1 Å². The molecular formula is C23H29N2O3+. The fourth-order valence-electron chi connectivity index (χ4n) is 4.39. The van der Waals surface area contributed by atoms with E-state index in [-0.39, 0.29) is 5.91 Å². The van der Waals surface area contributed by atoms with Gasteiger partial charge in [0.1, 0.15) is 19.3 Å². The number of hydrogen-bond acceptors (Lipinski definition) is 3. The minimum atomic E-state index is 0.0865. The first kappa shape index (κ1) is 18.8. The first-order valence-corrected chi connectivity index (χ1v) is 10.3. The van der Waals surface area contributed by atoms with Gasteiger partial charge in [-0.05, 0) is 42.7 Å². The van der Waals surface area contributed by atoms with Gasteiger partial charge in [0.05, 0.1) is 6.54 Å². The number of anilines is 1. The summed E-state index contributed by atoms with van der Waals surface area (Å²) in [5, 5.41) is 3.17. The summed E-state index contributed by atoms with van der Waals surface area (Å²) >= 11 is 0. The molecule has 0 spiro atoms.